The number of fused-ring (bicyclic) bond motifs is 1. The van der Waals surface area contributed by atoms with Gasteiger partial charge in [-0.15, -0.1) is 0 Å². The van der Waals surface area contributed by atoms with Crippen LogP contribution in [-0.4, -0.2) is 57.7 Å². The largest absolute Gasteiger partial charge is 0.444 e. The summed E-state index contributed by atoms with van der Waals surface area (Å²) in [5.41, 5.74) is 3.67. The Morgan fingerprint density at radius 2 is 1.58 bits per heavy atom. The van der Waals surface area contributed by atoms with Gasteiger partial charge in [-0.3, -0.25) is 0 Å². The second-order valence-electron chi connectivity index (χ2n) is 11.6. The molecule has 0 spiro atoms. The molecule has 0 atom stereocenters. The molecule has 33 heavy (non-hydrogen) atoms. The number of hydrogen-bond acceptors (Lipinski definition) is 6. The number of nitrogens with zero attached hydrogens (tertiary/aromatic N) is 5. The molecule has 7 nitrogen and oxygen atoms in total. The maximum Gasteiger partial charge on any atom is 0.410 e. The molecule has 2 aliphatic rings. The van der Waals surface area contributed by atoms with Crippen molar-refractivity contribution in [2.45, 2.75) is 77.7 Å². The first-order chi connectivity index (χ1) is 15.4. The molecule has 1 aliphatic heterocycles. The molecule has 0 radical (unpaired) electrons. The number of piperazine rings is 1. The molecule has 1 aromatic carbocycles. The van der Waals surface area contributed by atoms with Gasteiger partial charge in [0.25, 0.3) is 0 Å². The minimum atomic E-state index is -0.490. The van der Waals surface area contributed by atoms with E-state index in [0.29, 0.717) is 38.0 Å². The van der Waals surface area contributed by atoms with Crippen molar-refractivity contribution in [3.8, 4) is 11.4 Å². The van der Waals surface area contributed by atoms with Crippen LogP contribution in [0.25, 0.3) is 11.4 Å². The molecule has 2 aromatic rings. The van der Waals surface area contributed by atoms with Crippen LogP contribution in [0.3, 0.4) is 0 Å². The van der Waals surface area contributed by atoms with Gasteiger partial charge in [0.1, 0.15) is 11.9 Å². The fourth-order valence-electron chi connectivity index (χ4n) is 4.72. The number of amides is 1. The molecule has 1 saturated heterocycles. The molecule has 0 saturated carbocycles. The summed E-state index contributed by atoms with van der Waals surface area (Å²) in [7, 11) is 0. The minimum Gasteiger partial charge on any atom is -0.444 e. The molecule has 0 bridgehead atoms. The van der Waals surface area contributed by atoms with E-state index >= 15 is 0 Å². The average molecular weight is 452 g/mol. The van der Waals surface area contributed by atoms with Gasteiger partial charge in [0.05, 0.1) is 0 Å². The number of aromatic nitrogens is 3. The van der Waals surface area contributed by atoms with Crippen LogP contribution in [0.1, 0.15) is 72.4 Å². The van der Waals surface area contributed by atoms with Crippen molar-refractivity contribution in [3.63, 3.8) is 0 Å². The quantitative estimate of drug-likeness (QED) is 0.644. The maximum absolute atomic E-state index is 12.4. The van der Waals surface area contributed by atoms with Crippen LogP contribution >= 0.6 is 0 Å². The fourth-order valence-corrected chi connectivity index (χ4v) is 4.72. The normalized spacial score (nSPS) is 19.7. The van der Waals surface area contributed by atoms with Gasteiger partial charge < -0.3 is 14.5 Å². The van der Waals surface area contributed by atoms with Gasteiger partial charge in [-0.2, -0.15) is 4.98 Å². The van der Waals surface area contributed by atoms with Crippen LogP contribution in [0.15, 0.2) is 24.5 Å². The van der Waals surface area contributed by atoms with Gasteiger partial charge in [-0.05, 0) is 61.6 Å². The van der Waals surface area contributed by atoms with Gasteiger partial charge in [-0.25, -0.2) is 14.8 Å². The van der Waals surface area contributed by atoms with Crippen molar-refractivity contribution in [1.82, 2.24) is 19.9 Å². The molecule has 178 valence electrons. The topological polar surface area (TPSA) is 71.5 Å². The second-order valence-corrected chi connectivity index (χ2v) is 11.6. The predicted octanol–water partition coefficient (Wildman–Crippen LogP) is 4.94. The van der Waals surface area contributed by atoms with Crippen molar-refractivity contribution in [2.24, 2.45) is 0 Å². The highest BCUT2D eigenvalue weighted by atomic mass is 16.6. The van der Waals surface area contributed by atoms with E-state index in [2.05, 4.69) is 60.8 Å². The first-order valence-corrected chi connectivity index (χ1v) is 11.9. The fraction of sp³-hybridized carbons (Fsp3) is 0.615. The van der Waals surface area contributed by atoms with Gasteiger partial charge in [-0.1, -0.05) is 39.8 Å². The van der Waals surface area contributed by atoms with E-state index in [9.17, 15) is 4.79 Å². The molecule has 1 aliphatic carbocycles. The van der Waals surface area contributed by atoms with Crippen molar-refractivity contribution in [1.29, 1.82) is 0 Å². The molecule has 2 heterocycles. The predicted molar refractivity (Wildman–Crippen MR) is 131 cm³/mol. The van der Waals surface area contributed by atoms with E-state index < -0.39 is 5.60 Å². The van der Waals surface area contributed by atoms with Gasteiger partial charge in [0.15, 0.2) is 5.82 Å². The molecule has 0 N–H and O–H groups in total. The lowest BCUT2D eigenvalue weighted by Crippen LogP contribution is -2.50. The molecule has 1 fully saturated rings. The highest BCUT2D eigenvalue weighted by Gasteiger charge is 2.37. The molecular weight excluding hydrogens is 414 g/mol. The summed E-state index contributed by atoms with van der Waals surface area (Å²) in [6.45, 7) is 17.5. The molecule has 0 unspecified atom stereocenters. The first-order valence-electron chi connectivity index (χ1n) is 11.9. The molecule has 1 aromatic heterocycles. The lowest BCUT2D eigenvalue weighted by molar-refractivity contribution is 0.0240. The third-order valence-electron chi connectivity index (χ3n) is 6.88. The highest BCUT2D eigenvalue weighted by Crippen LogP contribution is 2.46. The lowest BCUT2D eigenvalue weighted by atomic mass is 9.63. The molecule has 4 rings (SSSR count). The van der Waals surface area contributed by atoms with Gasteiger partial charge >= 0.3 is 6.09 Å². The zero-order valence-electron chi connectivity index (χ0n) is 21.1. The third-order valence-corrected chi connectivity index (χ3v) is 6.88. The Kier molecular flexibility index (Phi) is 5.87. The van der Waals surface area contributed by atoms with Gasteiger partial charge in [0.2, 0.25) is 5.95 Å². The lowest BCUT2D eigenvalue weighted by Gasteiger charge is -2.42. The first kappa shape index (κ1) is 23.5. The van der Waals surface area contributed by atoms with Crippen LogP contribution in [0.2, 0.25) is 0 Å². The average Bonchev–Trinajstić information content (AvgIpc) is 2.76. The van der Waals surface area contributed by atoms with E-state index in [0.717, 1.165) is 5.56 Å². The summed E-state index contributed by atoms with van der Waals surface area (Å²) in [6, 6.07) is 6.67. The van der Waals surface area contributed by atoms with Crippen LogP contribution in [-0.2, 0) is 15.6 Å². The van der Waals surface area contributed by atoms with E-state index in [4.69, 9.17) is 9.72 Å². The van der Waals surface area contributed by atoms with Crippen molar-refractivity contribution in [2.75, 3.05) is 31.1 Å². The Labute approximate surface area is 197 Å². The monoisotopic (exact) mass is 451 g/mol. The van der Waals surface area contributed by atoms with Crippen LogP contribution in [0.5, 0.6) is 0 Å². The van der Waals surface area contributed by atoms with Crippen molar-refractivity contribution < 1.29 is 9.53 Å². The summed E-state index contributed by atoms with van der Waals surface area (Å²) >= 11 is 0. The summed E-state index contributed by atoms with van der Waals surface area (Å²) in [5.74, 6) is 1.35. The Morgan fingerprint density at radius 3 is 2.21 bits per heavy atom. The third kappa shape index (κ3) is 4.97. The molecule has 1 amide bonds. The number of anilines is 1. The van der Waals surface area contributed by atoms with E-state index in [-0.39, 0.29) is 16.9 Å². The van der Waals surface area contributed by atoms with Crippen LogP contribution < -0.4 is 4.90 Å². The summed E-state index contributed by atoms with van der Waals surface area (Å²) in [4.78, 5) is 29.9. The Morgan fingerprint density at radius 1 is 0.939 bits per heavy atom. The SMILES string of the molecule is CC(C)(C)OC(=O)N1CCN(c2ncnc(-c3ccc4c(c3)C(C)(C)CCC4(C)C)n2)CC1. The second kappa shape index (κ2) is 8.26. The van der Waals surface area contributed by atoms with Crippen molar-refractivity contribution in [3.05, 3.63) is 35.7 Å². The van der Waals surface area contributed by atoms with Crippen LogP contribution in [0.4, 0.5) is 10.7 Å². The van der Waals surface area contributed by atoms with E-state index in [1.807, 2.05) is 20.8 Å². The number of hydrogen-bond donors (Lipinski definition) is 0. The summed E-state index contributed by atoms with van der Waals surface area (Å²) in [6.07, 6.45) is 3.68. The Hall–Kier alpha value is -2.70. The Bertz CT molecular complexity index is 1030. The molecule has 7 heteroatoms. The standard InChI is InChI=1S/C26H37N5O2/c1-24(2,3)33-23(32)31-14-12-30(13-15-31)22-28-17-27-21(29-22)18-8-9-19-20(16-18)26(6,7)11-10-25(19,4)5/h8-9,16-17H,10-15H2,1-7H3. The number of ether oxygens (including phenoxy) is 1. The summed E-state index contributed by atoms with van der Waals surface area (Å²) < 4.78 is 5.50. The van der Waals surface area contributed by atoms with E-state index in [1.165, 1.54) is 24.0 Å². The van der Waals surface area contributed by atoms with Crippen molar-refractivity contribution >= 4 is 12.0 Å². The maximum atomic E-state index is 12.4. The number of benzene rings is 1. The number of carbonyl (C=O) groups excluding carboxylic acids is 1. The van der Waals surface area contributed by atoms with Gasteiger partial charge in [0, 0.05) is 31.7 Å². The van der Waals surface area contributed by atoms with Crippen LogP contribution in [0, 0.1) is 0 Å². The Balaban J connectivity index is 1.52. The smallest absolute Gasteiger partial charge is 0.410 e. The number of rotatable bonds is 2. The minimum absolute atomic E-state index is 0.134. The summed E-state index contributed by atoms with van der Waals surface area (Å²) in [5, 5.41) is 0. The number of carbonyl (C=O) groups is 1. The highest BCUT2D eigenvalue weighted by molar-refractivity contribution is 5.68. The van der Waals surface area contributed by atoms with E-state index in [1.54, 1.807) is 11.2 Å². The zero-order valence-corrected chi connectivity index (χ0v) is 21.1. The molecular formula is C26H37N5O2. The zero-order chi connectivity index (χ0) is 24.0.